The third-order valence-electron chi connectivity index (χ3n) is 0.836. The van der Waals surface area contributed by atoms with Crippen LogP contribution < -0.4 is 0 Å². The molecule has 2 heteroatoms. The van der Waals surface area contributed by atoms with Gasteiger partial charge in [-0.05, 0) is 5.92 Å². The van der Waals surface area contributed by atoms with Crippen LogP contribution in [0.2, 0.25) is 0 Å². The van der Waals surface area contributed by atoms with E-state index in [2.05, 4.69) is 0 Å². The Morgan fingerprint density at radius 1 is 1.30 bits per heavy atom. The summed E-state index contributed by atoms with van der Waals surface area (Å²) in [5.41, 5.74) is 0.509. The molecule has 0 aromatic heterocycles. The van der Waals surface area contributed by atoms with Gasteiger partial charge < -0.3 is 11.8 Å². The molecule has 0 rings (SSSR count). The molecule has 0 aromatic carbocycles. The van der Waals surface area contributed by atoms with Crippen molar-refractivity contribution < 1.29 is 32.7 Å². The average molecular weight is 216 g/mol. The maximum atomic E-state index is 8.55. The molecule has 0 aliphatic carbocycles. The van der Waals surface area contributed by atoms with E-state index in [4.69, 9.17) is 5.41 Å². The predicted molar refractivity (Wildman–Crippen MR) is 44.5 cm³/mol. The summed E-state index contributed by atoms with van der Waals surface area (Å²) in [4.78, 5) is 0. The van der Waals surface area contributed by atoms with Crippen LogP contribution in [0.1, 0.15) is 34.6 Å². The maximum absolute atomic E-state index is 8.55. The molecule has 0 aliphatic rings. The second-order valence-corrected chi connectivity index (χ2v) is 2.37. The fourth-order valence-corrected chi connectivity index (χ4v) is 0. The van der Waals surface area contributed by atoms with Crippen LogP contribution in [0.3, 0.4) is 0 Å². The van der Waals surface area contributed by atoms with E-state index in [9.17, 15) is 0 Å². The van der Waals surface area contributed by atoms with Crippen molar-refractivity contribution in [3.8, 4) is 0 Å². The molecular formula is C8H17NY-2. The molecule has 0 heterocycles. The summed E-state index contributed by atoms with van der Waals surface area (Å²) >= 11 is 0. The van der Waals surface area contributed by atoms with Gasteiger partial charge >= 0.3 is 0 Å². The zero-order valence-corrected chi connectivity index (χ0v) is 10.5. The normalized spacial score (nSPS) is 7.40. The second-order valence-electron chi connectivity index (χ2n) is 2.37. The van der Waals surface area contributed by atoms with E-state index in [1.54, 1.807) is 6.92 Å². The van der Waals surface area contributed by atoms with E-state index in [0.29, 0.717) is 11.6 Å². The number of rotatable bonds is 1. The predicted octanol–water partition coefficient (Wildman–Crippen LogP) is 2.90. The van der Waals surface area contributed by atoms with E-state index in [-0.39, 0.29) is 32.7 Å². The molecule has 0 saturated carbocycles. The molecule has 0 N–H and O–H groups in total. The van der Waals surface area contributed by atoms with Gasteiger partial charge in [-0.3, -0.25) is 0 Å². The molecule has 1 nitrogen and oxygen atoms in total. The Hall–Kier alpha value is 0.774. The molecule has 0 unspecified atom stereocenters. The summed E-state index contributed by atoms with van der Waals surface area (Å²) in [6.07, 6.45) is 2.00. The van der Waals surface area contributed by atoms with E-state index < -0.39 is 0 Å². The minimum atomic E-state index is 0. The number of hydrogen-bond acceptors (Lipinski definition) is 0. The van der Waals surface area contributed by atoms with Crippen molar-refractivity contribution in [1.82, 2.24) is 0 Å². The third-order valence-corrected chi connectivity index (χ3v) is 0.836. The third kappa shape index (κ3) is 23.3. The Morgan fingerprint density at radius 3 is 1.40 bits per heavy atom. The van der Waals surface area contributed by atoms with Gasteiger partial charge in [0.1, 0.15) is 0 Å². The molecule has 59 valence electrons. The van der Waals surface area contributed by atoms with Crippen LogP contribution in [0, 0.1) is 12.3 Å². The number of hydrogen-bond donors (Lipinski definition) is 0. The molecule has 1 radical (unpaired) electrons. The Kier molecular flexibility index (Phi) is 21.2. The van der Waals surface area contributed by atoms with E-state index in [0.717, 1.165) is 0 Å². The topological polar surface area (TPSA) is 22.3 Å². The second kappa shape index (κ2) is 12.5. The maximum Gasteiger partial charge on any atom is 0 e. The van der Waals surface area contributed by atoms with Crippen LogP contribution in [-0.4, -0.2) is 5.71 Å². The van der Waals surface area contributed by atoms with Gasteiger partial charge in [-0.1, -0.05) is 20.8 Å². The van der Waals surface area contributed by atoms with Gasteiger partial charge in [0.2, 0.25) is 0 Å². The quantitative estimate of drug-likeness (QED) is 0.475. The van der Waals surface area contributed by atoms with Gasteiger partial charge in [-0.2, -0.15) is 13.8 Å². The van der Waals surface area contributed by atoms with Crippen LogP contribution in [0.15, 0.2) is 0 Å². The Labute approximate surface area is 90.4 Å². The van der Waals surface area contributed by atoms with Crippen LogP contribution in [0.5, 0.6) is 0 Å². The van der Waals surface area contributed by atoms with E-state index in [1.807, 2.05) is 34.1 Å². The summed E-state index contributed by atoms with van der Waals surface area (Å²) in [7, 11) is 0. The first kappa shape index (κ1) is 17.0. The van der Waals surface area contributed by atoms with Crippen molar-refractivity contribution >= 4 is 5.71 Å². The van der Waals surface area contributed by atoms with Crippen LogP contribution in [0.4, 0.5) is 0 Å². The van der Waals surface area contributed by atoms with Crippen molar-refractivity contribution in [2.75, 3.05) is 0 Å². The summed E-state index contributed by atoms with van der Waals surface area (Å²) < 4.78 is 0. The summed E-state index contributed by atoms with van der Waals surface area (Å²) in [6, 6.07) is 0. The molecule has 0 atom stereocenters. The van der Waals surface area contributed by atoms with Crippen LogP contribution >= 0.6 is 0 Å². The van der Waals surface area contributed by atoms with Gasteiger partial charge in [0, 0.05) is 32.7 Å². The first-order chi connectivity index (χ1) is 4.06. The number of nitrogens with zero attached hydrogens (tertiary/aromatic N) is 1. The fourth-order valence-electron chi connectivity index (χ4n) is 0. The van der Waals surface area contributed by atoms with Gasteiger partial charge in [-0.15, -0.1) is 0 Å². The SMILES string of the molecule is CC(=[N-])C(C)C.C[CH-]C.[Y]. The van der Waals surface area contributed by atoms with Crippen molar-refractivity contribution in [2.24, 2.45) is 5.92 Å². The fraction of sp³-hybridized carbons (Fsp3) is 0.750. The zero-order valence-electron chi connectivity index (χ0n) is 7.68. The van der Waals surface area contributed by atoms with E-state index in [1.165, 1.54) is 0 Å². The molecule has 0 spiro atoms. The molecule has 0 bridgehead atoms. The smallest absolute Gasteiger partial charge is 0 e. The average Bonchev–Trinajstić information content (AvgIpc) is 1.68. The first-order valence-electron chi connectivity index (χ1n) is 3.32. The van der Waals surface area contributed by atoms with Crippen molar-refractivity contribution in [1.29, 1.82) is 0 Å². The van der Waals surface area contributed by atoms with Crippen LogP contribution in [-0.2, 0) is 32.7 Å². The zero-order chi connectivity index (χ0) is 7.86. The molecule has 0 amide bonds. The largest absolute Gasteiger partial charge is 0.811 e. The minimum absolute atomic E-state index is 0. The standard InChI is InChI=1S/C5H10N.C3H7.Y/c1-4(2)5(3)6;1-3-2;/h4H,1-3H3;3H,1-2H3;/q2*-1;. The van der Waals surface area contributed by atoms with Gasteiger partial charge in [0.25, 0.3) is 0 Å². The Balaban J connectivity index is -0.000000107. The Bertz CT molecular complexity index is 69.7. The van der Waals surface area contributed by atoms with Crippen molar-refractivity contribution in [3.05, 3.63) is 11.8 Å². The first-order valence-corrected chi connectivity index (χ1v) is 3.32. The summed E-state index contributed by atoms with van der Waals surface area (Å²) in [5, 5.41) is 8.55. The molecular weight excluding hydrogens is 199 g/mol. The molecule has 10 heavy (non-hydrogen) atoms. The van der Waals surface area contributed by atoms with Crippen molar-refractivity contribution in [3.63, 3.8) is 0 Å². The Morgan fingerprint density at radius 2 is 1.40 bits per heavy atom. The van der Waals surface area contributed by atoms with Gasteiger partial charge in [-0.25, -0.2) is 5.71 Å². The van der Waals surface area contributed by atoms with E-state index >= 15 is 0 Å². The molecule has 0 saturated heterocycles. The summed E-state index contributed by atoms with van der Waals surface area (Å²) in [6.45, 7) is 9.62. The molecule has 0 fully saturated rings. The minimum Gasteiger partial charge on any atom is -0.811 e. The molecule has 0 aliphatic heterocycles. The monoisotopic (exact) mass is 216 g/mol. The van der Waals surface area contributed by atoms with Gasteiger partial charge in [0.05, 0.1) is 0 Å². The van der Waals surface area contributed by atoms with Gasteiger partial charge in [0.15, 0.2) is 0 Å². The molecule has 0 aromatic rings. The summed E-state index contributed by atoms with van der Waals surface area (Å²) in [5.74, 6) is 0.324. The van der Waals surface area contributed by atoms with Crippen molar-refractivity contribution in [2.45, 2.75) is 34.6 Å². The van der Waals surface area contributed by atoms with Crippen LogP contribution in [0.25, 0.3) is 5.41 Å².